The lowest BCUT2D eigenvalue weighted by molar-refractivity contribution is -0.125. The minimum Gasteiger partial charge on any atom is -0.326 e. The second-order valence-corrected chi connectivity index (χ2v) is 6.97. The van der Waals surface area contributed by atoms with E-state index in [1.54, 1.807) is 0 Å². The van der Waals surface area contributed by atoms with Crippen LogP contribution in [0.5, 0.6) is 0 Å². The Balaban J connectivity index is 1.49. The Morgan fingerprint density at radius 2 is 1.79 bits per heavy atom. The Labute approximate surface area is 142 Å². The molecule has 0 bridgehead atoms. The van der Waals surface area contributed by atoms with E-state index in [2.05, 4.69) is 10.6 Å². The molecule has 1 aliphatic carbocycles. The highest BCUT2D eigenvalue weighted by molar-refractivity contribution is 6.03. The second kappa shape index (κ2) is 7.60. The van der Waals surface area contributed by atoms with Crippen molar-refractivity contribution >= 4 is 23.4 Å². The highest BCUT2D eigenvalue weighted by atomic mass is 16.2. The first-order valence-corrected chi connectivity index (χ1v) is 8.82. The average Bonchev–Trinajstić information content (AvgIpc) is 2.87. The first-order valence-electron chi connectivity index (χ1n) is 8.82. The SMILES string of the molecule is O=C1CC(Cc2ccc(NC(=O)CC3CCCCC3)cc2)C(=O)N1. The number of nitrogens with one attached hydrogen (secondary N) is 2. The van der Waals surface area contributed by atoms with Crippen LogP contribution in [0, 0.1) is 11.8 Å². The molecule has 2 fully saturated rings. The van der Waals surface area contributed by atoms with Crippen LogP contribution in [-0.4, -0.2) is 17.7 Å². The molecule has 1 heterocycles. The van der Waals surface area contributed by atoms with Gasteiger partial charge < -0.3 is 5.32 Å². The summed E-state index contributed by atoms with van der Waals surface area (Å²) in [6, 6.07) is 7.55. The molecule has 0 aromatic heterocycles. The number of hydrogen-bond donors (Lipinski definition) is 2. The molecule has 5 nitrogen and oxygen atoms in total. The number of anilines is 1. The van der Waals surface area contributed by atoms with Crippen LogP contribution in [0.3, 0.4) is 0 Å². The summed E-state index contributed by atoms with van der Waals surface area (Å²) in [5, 5.41) is 5.28. The smallest absolute Gasteiger partial charge is 0.230 e. The van der Waals surface area contributed by atoms with E-state index >= 15 is 0 Å². The van der Waals surface area contributed by atoms with Crippen molar-refractivity contribution in [2.75, 3.05) is 5.32 Å². The fraction of sp³-hybridized carbons (Fsp3) is 0.526. The molecule has 2 N–H and O–H groups in total. The van der Waals surface area contributed by atoms with Gasteiger partial charge >= 0.3 is 0 Å². The summed E-state index contributed by atoms with van der Waals surface area (Å²) in [5.74, 6) is -0.0578. The number of imide groups is 1. The molecule has 1 unspecified atom stereocenters. The molecule has 0 radical (unpaired) electrons. The molecule has 0 spiro atoms. The van der Waals surface area contributed by atoms with E-state index in [0.717, 1.165) is 24.1 Å². The number of amides is 3. The summed E-state index contributed by atoms with van der Waals surface area (Å²) in [7, 11) is 0. The fourth-order valence-electron chi connectivity index (χ4n) is 3.65. The largest absolute Gasteiger partial charge is 0.326 e. The van der Waals surface area contributed by atoms with Crippen LogP contribution < -0.4 is 10.6 Å². The number of carbonyl (C=O) groups excluding carboxylic acids is 3. The topological polar surface area (TPSA) is 75.3 Å². The third-order valence-electron chi connectivity index (χ3n) is 4.98. The third-order valence-corrected chi connectivity index (χ3v) is 4.98. The van der Waals surface area contributed by atoms with Crippen molar-refractivity contribution in [3.05, 3.63) is 29.8 Å². The molecule has 5 heteroatoms. The molecule has 128 valence electrons. The van der Waals surface area contributed by atoms with Crippen LogP contribution in [0.15, 0.2) is 24.3 Å². The van der Waals surface area contributed by atoms with Gasteiger partial charge in [0.1, 0.15) is 0 Å². The summed E-state index contributed by atoms with van der Waals surface area (Å²) in [5.41, 5.74) is 1.78. The Bertz CT molecular complexity index is 618. The standard InChI is InChI=1S/C19H24N2O3/c22-17(11-13-4-2-1-3-5-13)20-16-8-6-14(7-9-16)10-15-12-18(23)21-19(15)24/h6-9,13,15H,1-5,10-12H2,(H,20,22)(H,21,23,24). The Hall–Kier alpha value is -2.17. The molecule has 3 amide bonds. The van der Waals surface area contributed by atoms with Gasteiger partial charge in [0.15, 0.2) is 0 Å². The van der Waals surface area contributed by atoms with Gasteiger partial charge in [0, 0.05) is 18.5 Å². The van der Waals surface area contributed by atoms with Gasteiger partial charge in [-0.1, -0.05) is 31.4 Å². The molecular weight excluding hydrogens is 304 g/mol. The van der Waals surface area contributed by atoms with Gasteiger partial charge in [-0.05, 0) is 42.9 Å². The zero-order valence-corrected chi connectivity index (χ0v) is 13.8. The lowest BCUT2D eigenvalue weighted by Crippen LogP contribution is -2.22. The van der Waals surface area contributed by atoms with Crippen LogP contribution >= 0.6 is 0 Å². The maximum Gasteiger partial charge on any atom is 0.230 e. The van der Waals surface area contributed by atoms with Crippen molar-refractivity contribution < 1.29 is 14.4 Å². The lowest BCUT2D eigenvalue weighted by Gasteiger charge is -2.20. The lowest BCUT2D eigenvalue weighted by atomic mass is 9.87. The predicted octanol–water partition coefficient (Wildman–Crippen LogP) is 2.80. The molecule has 1 aliphatic heterocycles. The normalized spacial score (nSPS) is 21.6. The summed E-state index contributed by atoms with van der Waals surface area (Å²) >= 11 is 0. The average molecular weight is 328 g/mol. The van der Waals surface area contributed by atoms with E-state index < -0.39 is 0 Å². The molecule has 3 rings (SSSR count). The minimum absolute atomic E-state index is 0.0791. The fourth-order valence-corrected chi connectivity index (χ4v) is 3.65. The van der Waals surface area contributed by atoms with Gasteiger partial charge in [-0.3, -0.25) is 19.7 Å². The van der Waals surface area contributed by atoms with Gasteiger partial charge in [-0.15, -0.1) is 0 Å². The molecule has 1 saturated carbocycles. The molecule has 1 aromatic carbocycles. The number of carbonyl (C=O) groups is 3. The van der Waals surface area contributed by atoms with Gasteiger partial charge in [0.05, 0.1) is 5.92 Å². The van der Waals surface area contributed by atoms with Crippen molar-refractivity contribution in [1.29, 1.82) is 0 Å². The highest BCUT2D eigenvalue weighted by Gasteiger charge is 2.30. The van der Waals surface area contributed by atoms with E-state index in [9.17, 15) is 14.4 Å². The van der Waals surface area contributed by atoms with E-state index in [4.69, 9.17) is 0 Å². The molecule has 24 heavy (non-hydrogen) atoms. The third kappa shape index (κ3) is 4.43. The van der Waals surface area contributed by atoms with Crippen molar-refractivity contribution in [1.82, 2.24) is 5.32 Å². The van der Waals surface area contributed by atoms with E-state index in [1.165, 1.54) is 19.3 Å². The minimum atomic E-state index is -0.274. The zero-order valence-electron chi connectivity index (χ0n) is 13.8. The van der Waals surface area contributed by atoms with Crippen molar-refractivity contribution in [2.45, 2.75) is 51.4 Å². The van der Waals surface area contributed by atoms with Crippen LogP contribution in [-0.2, 0) is 20.8 Å². The Morgan fingerprint density at radius 3 is 2.42 bits per heavy atom. The summed E-state index contributed by atoms with van der Waals surface area (Å²) in [4.78, 5) is 34.9. The summed E-state index contributed by atoms with van der Waals surface area (Å²) in [6.45, 7) is 0. The van der Waals surface area contributed by atoms with Crippen LogP contribution in [0.1, 0.15) is 50.5 Å². The monoisotopic (exact) mass is 328 g/mol. The maximum absolute atomic E-state index is 12.1. The van der Waals surface area contributed by atoms with Gasteiger partial charge in [0.2, 0.25) is 17.7 Å². The van der Waals surface area contributed by atoms with Crippen LogP contribution in [0.25, 0.3) is 0 Å². The number of rotatable bonds is 5. The summed E-state index contributed by atoms with van der Waals surface area (Å²) < 4.78 is 0. The second-order valence-electron chi connectivity index (χ2n) is 6.97. The van der Waals surface area contributed by atoms with Crippen LogP contribution in [0.4, 0.5) is 5.69 Å². The maximum atomic E-state index is 12.1. The molecule has 1 atom stereocenters. The number of hydrogen-bond acceptors (Lipinski definition) is 3. The summed E-state index contributed by atoms with van der Waals surface area (Å²) in [6.07, 6.45) is 7.51. The first-order chi connectivity index (χ1) is 11.6. The predicted molar refractivity (Wildman–Crippen MR) is 91.2 cm³/mol. The number of benzene rings is 1. The van der Waals surface area contributed by atoms with E-state index in [0.29, 0.717) is 18.8 Å². The van der Waals surface area contributed by atoms with Gasteiger partial charge in [-0.2, -0.15) is 0 Å². The zero-order chi connectivity index (χ0) is 16.9. The van der Waals surface area contributed by atoms with Crippen molar-refractivity contribution in [3.63, 3.8) is 0 Å². The molecule has 1 saturated heterocycles. The van der Waals surface area contributed by atoms with E-state index in [-0.39, 0.29) is 30.1 Å². The quantitative estimate of drug-likeness (QED) is 0.816. The first kappa shape index (κ1) is 16.7. The van der Waals surface area contributed by atoms with Crippen molar-refractivity contribution in [3.8, 4) is 0 Å². The van der Waals surface area contributed by atoms with Gasteiger partial charge in [-0.25, -0.2) is 0 Å². The Kier molecular flexibility index (Phi) is 5.28. The highest BCUT2D eigenvalue weighted by Crippen LogP contribution is 2.26. The molecule has 1 aromatic rings. The molecule has 2 aliphatic rings. The Morgan fingerprint density at radius 1 is 1.08 bits per heavy atom. The molecular formula is C19H24N2O3. The van der Waals surface area contributed by atoms with Crippen LogP contribution in [0.2, 0.25) is 0 Å². The van der Waals surface area contributed by atoms with E-state index in [1.807, 2.05) is 24.3 Å². The van der Waals surface area contributed by atoms with Crippen molar-refractivity contribution in [2.24, 2.45) is 11.8 Å². The van der Waals surface area contributed by atoms with Gasteiger partial charge in [0.25, 0.3) is 0 Å².